The quantitative estimate of drug-likeness (QED) is 0.409. The van der Waals surface area contributed by atoms with Crippen molar-refractivity contribution in [1.29, 1.82) is 0 Å². The highest BCUT2D eigenvalue weighted by molar-refractivity contribution is 7.99. The lowest BCUT2D eigenvalue weighted by molar-refractivity contribution is -0.118. The molecule has 0 radical (unpaired) electrons. The molecule has 3 aromatic rings. The number of carbonyl (C=O) groups excluding carboxylic acids is 2. The molecule has 2 amide bonds. The lowest BCUT2D eigenvalue weighted by atomic mass is 10.1. The molecule has 2 N–H and O–H groups in total. The van der Waals surface area contributed by atoms with Gasteiger partial charge in [0, 0.05) is 11.4 Å². The average Bonchev–Trinajstić information content (AvgIpc) is 3.59. The van der Waals surface area contributed by atoms with Crippen LogP contribution in [-0.2, 0) is 4.79 Å². The number of pyridine rings is 1. The highest BCUT2D eigenvalue weighted by Gasteiger charge is 2.25. The summed E-state index contributed by atoms with van der Waals surface area (Å²) in [6.45, 7) is 0.828. The summed E-state index contributed by atoms with van der Waals surface area (Å²) in [7, 11) is 0. The van der Waals surface area contributed by atoms with Crippen molar-refractivity contribution >= 4 is 34.5 Å². The molecule has 1 aromatic heterocycles. The molecule has 6 nitrogen and oxygen atoms in total. The number of amides is 2. The van der Waals surface area contributed by atoms with Crippen molar-refractivity contribution in [2.75, 3.05) is 18.9 Å². The highest BCUT2D eigenvalue weighted by Crippen LogP contribution is 2.26. The Morgan fingerprint density at radius 2 is 1.83 bits per heavy atom. The first kappa shape index (κ1) is 20.2. The van der Waals surface area contributed by atoms with Gasteiger partial charge in [-0.15, -0.1) is 0 Å². The number of rotatable bonds is 9. The Morgan fingerprint density at radius 1 is 1.07 bits per heavy atom. The summed E-state index contributed by atoms with van der Waals surface area (Å²) in [5.41, 5.74) is 1.35. The molecule has 0 atom stereocenters. The summed E-state index contributed by atoms with van der Waals surface area (Å²) in [6.07, 6.45) is 2.06. The third kappa shape index (κ3) is 5.51. The second-order valence-corrected chi connectivity index (χ2v) is 8.07. The van der Waals surface area contributed by atoms with Gasteiger partial charge in [-0.05, 0) is 37.1 Å². The summed E-state index contributed by atoms with van der Waals surface area (Å²) in [6, 6.07) is 19.1. The van der Waals surface area contributed by atoms with Crippen LogP contribution < -0.4 is 15.4 Å². The van der Waals surface area contributed by atoms with Crippen LogP contribution in [0, 0.1) is 0 Å². The van der Waals surface area contributed by atoms with Crippen LogP contribution in [0.3, 0.4) is 0 Å². The van der Waals surface area contributed by atoms with Crippen LogP contribution >= 0.6 is 11.8 Å². The van der Waals surface area contributed by atoms with Gasteiger partial charge in [0.25, 0.3) is 5.91 Å². The third-order valence-electron chi connectivity index (χ3n) is 4.64. The normalized spacial score (nSPS) is 13.1. The van der Waals surface area contributed by atoms with Crippen LogP contribution in [0.2, 0.25) is 0 Å². The molecule has 2 aromatic carbocycles. The molecule has 1 saturated carbocycles. The van der Waals surface area contributed by atoms with Crippen LogP contribution in [0.15, 0.2) is 65.7 Å². The topological polar surface area (TPSA) is 80.3 Å². The number of para-hydroxylation sites is 2. The van der Waals surface area contributed by atoms with Gasteiger partial charge in [-0.25, -0.2) is 4.98 Å². The van der Waals surface area contributed by atoms with E-state index in [2.05, 4.69) is 15.6 Å². The maximum atomic E-state index is 12.6. The molecule has 0 unspecified atom stereocenters. The monoisotopic (exact) mass is 421 g/mol. The molecular weight excluding hydrogens is 398 g/mol. The van der Waals surface area contributed by atoms with Crippen LogP contribution in [0.25, 0.3) is 10.9 Å². The van der Waals surface area contributed by atoms with Gasteiger partial charge in [-0.1, -0.05) is 48.2 Å². The maximum Gasteiger partial charge on any atom is 0.252 e. The van der Waals surface area contributed by atoms with Crippen molar-refractivity contribution in [2.45, 2.75) is 23.9 Å². The minimum absolute atomic E-state index is 0.0829. The van der Waals surface area contributed by atoms with E-state index in [1.807, 2.05) is 54.6 Å². The zero-order chi connectivity index (χ0) is 20.8. The maximum absolute atomic E-state index is 12.6. The first-order valence-electron chi connectivity index (χ1n) is 9.97. The van der Waals surface area contributed by atoms with Crippen molar-refractivity contribution in [2.24, 2.45) is 0 Å². The zero-order valence-electron chi connectivity index (χ0n) is 16.5. The largest absolute Gasteiger partial charge is 0.492 e. The molecule has 4 rings (SSSR count). The van der Waals surface area contributed by atoms with E-state index in [-0.39, 0.29) is 23.6 Å². The van der Waals surface area contributed by atoms with Gasteiger partial charge in [0.2, 0.25) is 5.91 Å². The Labute approximate surface area is 179 Å². The van der Waals surface area contributed by atoms with Gasteiger partial charge in [-0.2, -0.15) is 0 Å². The second-order valence-electron chi connectivity index (χ2n) is 7.07. The van der Waals surface area contributed by atoms with E-state index >= 15 is 0 Å². The Hall–Kier alpha value is -3.06. The fraction of sp³-hybridized carbons (Fsp3) is 0.261. The van der Waals surface area contributed by atoms with Gasteiger partial charge in [-0.3, -0.25) is 9.59 Å². The molecule has 30 heavy (non-hydrogen) atoms. The standard InChI is InChI=1S/C23H23N3O3S/c27-21(24-12-13-29-17-6-2-1-3-7-17)15-30-22-14-19(23(28)25-16-10-11-16)18-8-4-5-9-20(18)26-22/h1-9,14,16H,10-13,15H2,(H,24,27)(H,25,28). The Morgan fingerprint density at radius 3 is 2.63 bits per heavy atom. The third-order valence-corrected chi connectivity index (χ3v) is 5.55. The first-order valence-corrected chi connectivity index (χ1v) is 11.0. The molecule has 1 aliphatic carbocycles. The SMILES string of the molecule is O=C(CSc1cc(C(=O)NC2CC2)c2ccccc2n1)NCCOc1ccccc1. The van der Waals surface area contributed by atoms with Gasteiger partial charge in [0.05, 0.1) is 28.4 Å². The summed E-state index contributed by atoms with van der Waals surface area (Å²) in [5, 5.41) is 7.35. The molecule has 0 bridgehead atoms. The van der Waals surface area contributed by atoms with E-state index in [9.17, 15) is 9.59 Å². The predicted octanol–water partition coefficient (Wildman–Crippen LogP) is 3.41. The Bertz CT molecular complexity index is 1040. The van der Waals surface area contributed by atoms with Gasteiger partial charge in [0.1, 0.15) is 12.4 Å². The van der Waals surface area contributed by atoms with Gasteiger partial charge < -0.3 is 15.4 Å². The fourth-order valence-corrected chi connectivity index (χ4v) is 3.72. The Balaban J connectivity index is 1.32. The number of nitrogens with zero attached hydrogens (tertiary/aromatic N) is 1. The molecule has 1 heterocycles. The predicted molar refractivity (Wildman–Crippen MR) is 118 cm³/mol. The van der Waals surface area contributed by atoms with Gasteiger partial charge in [0.15, 0.2) is 0 Å². The molecule has 154 valence electrons. The summed E-state index contributed by atoms with van der Waals surface area (Å²) >= 11 is 1.32. The number of hydrogen-bond donors (Lipinski definition) is 2. The fourth-order valence-electron chi connectivity index (χ4n) is 2.97. The average molecular weight is 422 g/mol. The number of benzene rings is 2. The number of thioether (sulfide) groups is 1. The summed E-state index contributed by atoms with van der Waals surface area (Å²) in [5.74, 6) is 0.815. The van der Waals surface area contributed by atoms with Crippen LogP contribution in [0.5, 0.6) is 5.75 Å². The van der Waals surface area contributed by atoms with Crippen LogP contribution in [0.4, 0.5) is 0 Å². The van der Waals surface area contributed by atoms with E-state index < -0.39 is 0 Å². The summed E-state index contributed by atoms with van der Waals surface area (Å²) in [4.78, 5) is 29.4. The van der Waals surface area contributed by atoms with Gasteiger partial charge >= 0.3 is 0 Å². The number of fused-ring (bicyclic) bond motifs is 1. The van der Waals surface area contributed by atoms with E-state index in [1.165, 1.54) is 11.8 Å². The second kappa shape index (κ2) is 9.63. The van der Waals surface area contributed by atoms with Crippen molar-refractivity contribution in [1.82, 2.24) is 15.6 Å². The smallest absolute Gasteiger partial charge is 0.252 e. The number of carbonyl (C=O) groups is 2. The molecular formula is C23H23N3O3S. The number of ether oxygens (including phenoxy) is 1. The molecule has 0 aliphatic heterocycles. The molecule has 0 spiro atoms. The van der Waals surface area contributed by atoms with Crippen molar-refractivity contribution in [3.05, 3.63) is 66.2 Å². The van der Waals surface area contributed by atoms with Crippen molar-refractivity contribution < 1.29 is 14.3 Å². The minimum Gasteiger partial charge on any atom is -0.492 e. The molecule has 1 fully saturated rings. The van der Waals surface area contributed by atoms with Crippen LogP contribution in [0.1, 0.15) is 23.2 Å². The van der Waals surface area contributed by atoms with E-state index in [1.54, 1.807) is 6.07 Å². The van der Waals surface area contributed by atoms with E-state index in [0.717, 1.165) is 29.5 Å². The minimum atomic E-state index is -0.101. The van der Waals surface area contributed by atoms with Crippen molar-refractivity contribution in [3.63, 3.8) is 0 Å². The van der Waals surface area contributed by atoms with E-state index in [0.29, 0.717) is 23.7 Å². The number of aromatic nitrogens is 1. The molecule has 7 heteroatoms. The zero-order valence-corrected chi connectivity index (χ0v) is 17.3. The number of nitrogens with one attached hydrogen (secondary N) is 2. The molecule has 0 saturated heterocycles. The lowest BCUT2D eigenvalue weighted by Crippen LogP contribution is -2.29. The summed E-state index contributed by atoms with van der Waals surface area (Å²) < 4.78 is 5.57. The molecule has 1 aliphatic rings. The number of hydrogen-bond acceptors (Lipinski definition) is 5. The lowest BCUT2D eigenvalue weighted by Gasteiger charge is -2.10. The van der Waals surface area contributed by atoms with Crippen LogP contribution in [-0.4, -0.2) is 41.7 Å². The van der Waals surface area contributed by atoms with Crippen molar-refractivity contribution in [3.8, 4) is 5.75 Å². The Kier molecular flexibility index (Phi) is 6.49. The highest BCUT2D eigenvalue weighted by atomic mass is 32.2. The first-order chi connectivity index (χ1) is 14.7. The van der Waals surface area contributed by atoms with E-state index in [4.69, 9.17) is 4.74 Å².